The van der Waals surface area contributed by atoms with E-state index in [4.69, 9.17) is 0 Å². The second-order valence-corrected chi connectivity index (χ2v) is 9.05. The molecule has 1 N–H and O–H groups in total. The molecule has 1 atom stereocenters. The quantitative estimate of drug-likeness (QED) is 0.862. The molecule has 1 aromatic heterocycles. The van der Waals surface area contributed by atoms with Gasteiger partial charge in [0.25, 0.3) is 5.91 Å². The van der Waals surface area contributed by atoms with Gasteiger partial charge in [0.05, 0.1) is 11.6 Å². The molecule has 29 heavy (non-hydrogen) atoms. The zero-order chi connectivity index (χ0) is 19.6. The summed E-state index contributed by atoms with van der Waals surface area (Å²) in [4.78, 5) is 38.7. The number of fused-ring (bicyclic) bond motifs is 3. The molecule has 3 fully saturated rings. The molecule has 2 aromatic rings. The van der Waals surface area contributed by atoms with Crippen LogP contribution >= 0.6 is 0 Å². The predicted octanol–water partition coefficient (Wildman–Crippen LogP) is 1.53. The van der Waals surface area contributed by atoms with Gasteiger partial charge >= 0.3 is 0 Å². The number of nitrogens with one attached hydrogen (secondary N) is 1. The summed E-state index contributed by atoms with van der Waals surface area (Å²) in [7, 11) is 0. The van der Waals surface area contributed by atoms with E-state index in [9.17, 15) is 9.59 Å². The van der Waals surface area contributed by atoms with Crippen molar-refractivity contribution in [3.63, 3.8) is 0 Å². The standard InChI is InChI=1S/C22H23N5O2/c28-19(18-9-23-7-8-24-18)27-12-21(13-27)11-26(10-15-5-6-15)14-22(21)16-3-1-2-4-17(16)25-20(22)29/h1-4,7-9,15H,5-6,10-14H2,(H,25,29)/t22-/m1/s1. The zero-order valence-electron chi connectivity index (χ0n) is 16.2. The molecular weight excluding hydrogens is 366 g/mol. The number of carbonyl (C=O) groups is 2. The lowest BCUT2D eigenvalue weighted by Gasteiger charge is -2.54. The van der Waals surface area contributed by atoms with E-state index in [1.807, 2.05) is 23.1 Å². The first kappa shape index (κ1) is 17.1. The lowest BCUT2D eigenvalue weighted by molar-refractivity contribution is -0.128. The Morgan fingerprint density at radius 1 is 1.14 bits per heavy atom. The molecule has 3 aliphatic heterocycles. The minimum atomic E-state index is -0.586. The number of benzene rings is 1. The molecule has 1 aliphatic carbocycles. The van der Waals surface area contributed by atoms with Crippen LogP contribution in [-0.2, 0) is 10.2 Å². The highest BCUT2D eigenvalue weighted by molar-refractivity contribution is 6.08. The molecule has 7 nitrogen and oxygen atoms in total. The van der Waals surface area contributed by atoms with E-state index in [0.29, 0.717) is 18.8 Å². The molecule has 0 bridgehead atoms. The Balaban J connectivity index is 1.35. The molecule has 0 unspecified atom stereocenters. The van der Waals surface area contributed by atoms with Crippen LogP contribution in [0.25, 0.3) is 0 Å². The lowest BCUT2D eigenvalue weighted by Crippen LogP contribution is -2.68. The second kappa shape index (κ2) is 5.86. The van der Waals surface area contributed by atoms with Gasteiger partial charge in [-0.25, -0.2) is 4.98 Å². The summed E-state index contributed by atoms with van der Waals surface area (Å²) in [5.41, 5.74) is 1.54. The van der Waals surface area contributed by atoms with E-state index in [2.05, 4.69) is 26.3 Å². The maximum Gasteiger partial charge on any atom is 0.274 e. The SMILES string of the molecule is O=C(c1cnccn1)N1CC2(CN(CC3CC3)C[C@@]23C(=O)Nc2ccccc23)C1. The minimum Gasteiger partial charge on any atom is -0.336 e. The van der Waals surface area contributed by atoms with E-state index >= 15 is 0 Å². The average Bonchev–Trinajstić information content (AvgIpc) is 3.39. The molecule has 4 heterocycles. The van der Waals surface area contributed by atoms with Gasteiger partial charge in [-0.3, -0.25) is 14.6 Å². The number of hydrogen-bond donors (Lipinski definition) is 1. The van der Waals surface area contributed by atoms with E-state index in [1.54, 1.807) is 6.20 Å². The van der Waals surface area contributed by atoms with Gasteiger partial charge in [0.2, 0.25) is 5.91 Å². The van der Waals surface area contributed by atoms with Crippen LogP contribution in [0.5, 0.6) is 0 Å². The summed E-state index contributed by atoms with van der Waals surface area (Å²) in [6.07, 6.45) is 7.19. The van der Waals surface area contributed by atoms with Crippen molar-refractivity contribution in [3.05, 3.63) is 54.1 Å². The number of aromatic nitrogens is 2. The Labute approximate surface area is 169 Å². The molecule has 7 heteroatoms. The van der Waals surface area contributed by atoms with Crippen LogP contribution in [0, 0.1) is 11.3 Å². The van der Waals surface area contributed by atoms with Gasteiger partial charge < -0.3 is 15.1 Å². The fraction of sp³-hybridized carbons (Fsp3) is 0.455. The van der Waals surface area contributed by atoms with Crippen LogP contribution in [0.3, 0.4) is 0 Å². The van der Waals surface area contributed by atoms with Crippen molar-refractivity contribution in [2.75, 3.05) is 38.0 Å². The van der Waals surface area contributed by atoms with Crippen LogP contribution in [0.2, 0.25) is 0 Å². The number of anilines is 1. The second-order valence-electron chi connectivity index (χ2n) is 9.05. The number of hydrogen-bond acceptors (Lipinski definition) is 5. The smallest absolute Gasteiger partial charge is 0.274 e. The van der Waals surface area contributed by atoms with Crippen molar-refractivity contribution in [1.29, 1.82) is 0 Å². The van der Waals surface area contributed by atoms with E-state index in [1.165, 1.54) is 25.2 Å². The average molecular weight is 389 g/mol. The van der Waals surface area contributed by atoms with E-state index in [0.717, 1.165) is 36.8 Å². The zero-order valence-corrected chi connectivity index (χ0v) is 16.2. The van der Waals surface area contributed by atoms with Gasteiger partial charge in [0.15, 0.2) is 0 Å². The van der Waals surface area contributed by atoms with Gasteiger partial charge in [0.1, 0.15) is 5.69 Å². The molecular formula is C22H23N5O2. The van der Waals surface area contributed by atoms with E-state index in [-0.39, 0.29) is 17.2 Å². The number of amides is 2. The fourth-order valence-corrected chi connectivity index (χ4v) is 5.69. The highest BCUT2D eigenvalue weighted by Crippen LogP contribution is 2.58. The normalized spacial score (nSPS) is 27.2. The van der Waals surface area contributed by atoms with Crippen LogP contribution in [0.4, 0.5) is 5.69 Å². The van der Waals surface area contributed by atoms with Crippen LogP contribution in [0.15, 0.2) is 42.9 Å². The van der Waals surface area contributed by atoms with Crippen LogP contribution in [-0.4, -0.2) is 64.3 Å². The minimum absolute atomic E-state index is 0.0867. The van der Waals surface area contributed by atoms with Gasteiger partial charge in [-0.15, -0.1) is 0 Å². The number of nitrogens with zero attached hydrogens (tertiary/aromatic N) is 4. The van der Waals surface area contributed by atoms with Crippen molar-refractivity contribution in [2.24, 2.45) is 11.3 Å². The number of rotatable bonds is 3. The Bertz CT molecular complexity index is 999. The third kappa shape index (κ3) is 2.34. The molecule has 1 aromatic carbocycles. The first-order valence-electron chi connectivity index (χ1n) is 10.3. The highest BCUT2D eigenvalue weighted by atomic mass is 16.2. The summed E-state index contributed by atoms with van der Waals surface area (Å²) in [5.74, 6) is 0.745. The molecule has 4 aliphatic rings. The first-order chi connectivity index (χ1) is 14.1. The van der Waals surface area contributed by atoms with Gasteiger partial charge in [-0.05, 0) is 30.4 Å². The third-order valence-electron chi connectivity index (χ3n) is 7.18. The molecule has 0 radical (unpaired) electrons. The highest BCUT2D eigenvalue weighted by Gasteiger charge is 2.70. The third-order valence-corrected chi connectivity index (χ3v) is 7.18. The molecule has 2 saturated heterocycles. The van der Waals surface area contributed by atoms with Crippen LogP contribution in [0.1, 0.15) is 28.9 Å². The maximum atomic E-state index is 13.4. The number of para-hydroxylation sites is 1. The topological polar surface area (TPSA) is 78.4 Å². The molecule has 2 spiro atoms. The summed E-state index contributed by atoms with van der Waals surface area (Å²) in [5, 5.41) is 3.13. The van der Waals surface area contributed by atoms with Crippen molar-refractivity contribution >= 4 is 17.5 Å². The monoisotopic (exact) mass is 389 g/mol. The van der Waals surface area contributed by atoms with Crippen molar-refractivity contribution in [2.45, 2.75) is 18.3 Å². The van der Waals surface area contributed by atoms with Crippen molar-refractivity contribution in [1.82, 2.24) is 19.8 Å². The van der Waals surface area contributed by atoms with Gasteiger partial charge in [-0.1, -0.05) is 18.2 Å². The fourth-order valence-electron chi connectivity index (χ4n) is 5.69. The number of likely N-dealkylation sites (tertiary alicyclic amines) is 2. The first-order valence-corrected chi connectivity index (χ1v) is 10.3. The Morgan fingerprint density at radius 3 is 2.72 bits per heavy atom. The Hall–Kier alpha value is -2.80. The van der Waals surface area contributed by atoms with Gasteiger partial charge in [0, 0.05) is 56.2 Å². The van der Waals surface area contributed by atoms with Crippen LogP contribution < -0.4 is 5.32 Å². The number of carbonyl (C=O) groups excluding carboxylic acids is 2. The van der Waals surface area contributed by atoms with Crippen molar-refractivity contribution in [3.8, 4) is 0 Å². The molecule has 2 amide bonds. The Morgan fingerprint density at radius 2 is 1.97 bits per heavy atom. The molecule has 6 rings (SSSR count). The van der Waals surface area contributed by atoms with Crippen molar-refractivity contribution < 1.29 is 9.59 Å². The van der Waals surface area contributed by atoms with Gasteiger partial charge in [-0.2, -0.15) is 0 Å². The Kier molecular flexibility index (Phi) is 3.45. The largest absolute Gasteiger partial charge is 0.336 e. The molecule has 148 valence electrons. The molecule has 1 saturated carbocycles. The summed E-state index contributed by atoms with van der Waals surface area (Å²) >= 11 is 0. The lowest BCUT2D eigenvalue weighted by atomic mass is 9.58. The predicted molar refractivity (Wildman–Crippen MR) is 106 cm³/mol. The van der Waals surface area contributed by atoms with E-state index < -0.39 is 5.41 Å². The summed E-state index contributed by atoms with van der Waals surface area (Å²) in [6, 6.07) is 8.05. The summed E-state index contributed by atoms with van der Waals surface area (Å²) < 4.78 is 0. The summed E-state index contributed by atoms with van der Waals surface area (Å²) in [6.45, 7) is 3.79. The maximum absolute atomic E-state index is 13.4.